The van der Waals surface area contributed by atoms with Crippen molar-refractivity contribution >= 4 is 0 Å². The third-order valence-electron chi connectivity index (χ3n) is 5.26. The molecule has 0 bridgehead atoms. The number of hydrogen-bond donors (Lipinski definition) is 1. The summed E-state index contributed by atoms with van der Waals surface area (Å²) in [6, 6.07) is 16.9. The molecule has 1 N–H and O–H groups in total. The summed E-state index contributed by atoms with van der Waals surface area (Å²) < 4.78 is 11.8. The first kappa shape index (κ1) is 16.6. The summed E-state index contributed by atoms with van der Waals surface area (Å²) >= 11 is 0. The van der Waals surface area contributed by atoms with Crippen molar-refractivity contribution in [2.45, 2.75) is 56.8 Å². The van der Waals surface area contributed by atoms with Crippen molar-refractivity contribution < 1.29 is 14.6 Å². The Balaban J connectivity index is 1.47. The smallest absolute Gasteiger partial charge is 0.119 e. The Morgan fingerprint density at radius 3 is 2.64 bits per heavy atom. The van der Waals surface area contributed by atoms with Gasteiger partial charge in [0, 0.05) is 12.8 Å². The highest BCUT2D eigenvalue weighted by atomic mass is 16.5. The summed E-state index contributed by atoms with van der Waals surface area (Å²) in [4.78, 5) is 0. The van der Waals surface area contributed by atoms with Gasteiger partial charge >= 0.3 is 0 Å². The lowest BCUT2D eigenvalue weighted by molar-refractivity contribution is -0.113. The summed E-state index contributed by atoms with van der Waals surface area (Å²) in [5.74, 6) is 0.916. The number of ether oxygens (including phenoxy) is 2. The maximum absolute atomic E-state index is 10.2. The lowest BCUT2D eigenvalue weighted by atomic mass is 9.93. The van der Waals surface area contributed by atoms with Crippen molar-refractivity contribution in [1.82, 2.24) is 0 Å². The molecule has 1 aliphatic heterocycles. The van der Waals surface area contributed by atoms with E-state index in [4.69, 9.17) is 9.47 Å². The lowest BCUT2D eigenvalue weighted by Crippen LogP contribution is -2.32. The van der Waals surface area contributed by atoms with Gasteiger partial charge in [-0.1, -0.05) is 36.4 Å². The number of benzene rings is 2. The van der Waals surface area contributed by atoms with Crippen LogP contribution in [0.3, 0.4) is 0 Å². The Morgan fingerprint density at radius 1 is 1.12 bits per heavy atom. The molecule has 0 aromatic heterocycles. The molecule has 1 aliphatic carbocycles. The minimum absolute atomic E-state index is 0.0199. The molecule has 1 saturated carbocycles. The molecule has 132 valence electrons. The van der Waals surface area contributed by atoms with Crippen LogP contribution in [0.15, 0.2) is 48.5 Å². The fourth-order valence-corrected chi connectivity index (χ4v) is 3.83. The molecular formula is C22H26O3. The zero-order valence-electron chi connectivity index (χ0n) is 14.8. The molecule has 4 rings (SSSR count). The van der Waals surface area contributed by atoms with E-state index in [0.717, 1.165) is 31.4 Å². The minimum atomic E-state index is -0.240. The molecule has 2 aliphatic rings. The zero-order valence-corrected chi connectivity index (χ0v) is 14.8. The van der Waals surface area contributed by atoms with Gasteiger partial charge < -0.3 is 14.6 Å². The highest BCUT2D eigenvalue weighted by Crippen LogP contribution is 2.51. The molecule has 3 heteroatoms. The van der Waals surface area contributed by atoms with Crippen LogP contribution >= 0.6 is 0 Å². The van der Waals surface area contributed by atoms with Crippen molar-refractivity contribution in [2.75, 3.05) is 6.61 Å². The molecule has 2 atom stereocenters. The van der Waals surface area contributed by atoms with Crippen molar-refractivity contribution in [3.8, 4) is 5.75 Å². The third-order valence-corrected chi connectivity index (χ3v) is 5.26. The Kier molecular flexibility index (Phi) is 4.53. The lowest BCUT2D eigenvalue weighted by Gasteiger charge is -2.34. The summed E-state index contributed by atoms with van der Waals surface area (Å²) in [5.41, 5.74) is 3.69. The van der Waals surface area contributed by atoms with E-state index >= 15 is 0 Å². The van der Waals surface area contributed by atoms with Gasteiger partial charge in [-0.2, -0.15) is 0 Å². The van der Waals surface area contributed by atoms with Gasteiger partial charge in [-0.15, -0.1) is 0 Å². The summed E-state index contributed by atoms with van der Waals surface area (Å²) in [7, 11) is 0. The molecule has 2 fully saturated rings. The maximum atomic E-state index is 10.2. The Bertz CT molecular complexity index is 718. The number of hydrogen-bond acceptors (Lipinski definition) is 3. The van der Waals surface area contributed by atoms with Gasteiger partial charge in [0.1, 0.15) is 5.75 Å². The van der Waals surface area contributed by atoms with E-state index in [9.17, 15) is 5.11 Å². The number of aliphatic hydroxyl groups excluding tert-OH is 1. The molecule has 1 saturated heterocycles. The van der Waals surface area contributed by atoms with Crippen molar-refractivity contribution in [2.24, 2.45) is 0 Å². The average Bonchev–Trinajstić information content (AvgIpc) is 3.34. The summed E-state index contributed by atoms with van der Waals surface area (Å²) in [6.07, 6.45) is 4.35. The minimum Gasteiger partial charge on any atom is -0.494 e. The standard InChI is InChI=1S/C22H26O3/c1-2-24-20-8-6-16(7-9-20)12-17-4-3-5-18(13-17)21-14-19(23)15-22(25-21)10-11-22/h3-9,13,19,21,23H,2,10-12,14-15H2,1H3. The van der Waals surface area contributed by atoms with E-state index in [2.05, 4.69) is 36.4 Å². The summed E-state index contributed by atoms with van der Waals surface area (Å²) in [6.45, 7) is 2.69. The highest BCUT2D eigenvalue weighted by Gasteiger charge is 2.50. The predicted octanol–water partition coefficient (Wildman–Crippen LogP) is 4.42. The SMILES string of the molecule is CCOc1ccc(Cc2cccc(C3CC(O)CC4(CC4)O3)c2)cc1. The van der Waals surface area contributed by atoms with Crippen molar-refractivity contribution in [3.63, 3.8) is 0 Å². The topological polar surface area (TPSA) is 38.7 Å². The fourth-order valence-electron chi connectivity index (χ4n) is 3.83. The van der Waals surface area contributed by atoms with Crippen LogP contribution in [0.2, 0.25) is 0 Å². The van der Waals surface area contributed by atoms with E-state index in [1.165, 1.54) is 16.7 Å². The molecule has 0 amide bonds. The largest absolute Gasteiger partial charge is 0.494 e. The average molecular weight is 338 g/mol. The van der Waals surface area contributed by atoms with Crippen LogP contribution in [0.5, 0.6) is 5.75 Å². The maximum Gasteiger partial charge on any atom is 0.119 e. The van der Waals surface area contributed by atoms with E-state index in [1.807, 2.05) is 19.1 Å². The highest BCUT2D eigenvalue weighted by molar-refractivity contribution is 5.34. The molecule has 1 spiro atoms. The second-order valence-corrected chi connectivity index (χ2v) is 7.38. The van der Waals surface area contributed by atoms with Crippen molar-refractivity contribution in [3.05, 3.63) is 65.2 Å². The molecule has 2 unspecified atom stereocenters. The van der Waals surface area contributed by atoms with Gasteiger partial charge in [0.2, 0.25) is 0 Å². The molecule has 25 heavy (non-hydrogen) atoms. The number of rotatable bonds is 5. The van der Waals surface area contributed by atoms with Gasteiger partial charge in [0.05, 0.1) is 24.4 Å². The van der Waals surface area contributed by atoms with Crippen LogP contribution in [-0.4, -0.2) is 23.4 Å². The second-order valence-electron chi connectivity index (χ2n) is 7.38. The second kappa shape index (κ2) is 6.81. The van der Waals surface area contributed by atoms with Gasteiger partial charge in [-0.05, 0) is 55.0 Å². The molecule has 0 radical (unpaired) electrons. The van der Waals surface area contributed by atoms with Crippen LogP contribution in [0.4, 0.5) is 0 Å². The van der Waals surface area contributed by atoms with Crippen LogP contribution in [0.1, 0.15) is 55.4 Å². The normalized spacial score (nSPS) is 24.2. The van der Waals surface area contributed by atoms with Gasteiger partial charge in [-0.3, -0.25) is 0 Å². The first-order valence-electron chi connectivity index (χ1n) is 9.32. The summed E-state index contributed by atoms with van der Waals surface area (Å²) in [5, 5.41) is 10.2. The number of aliphatic hydroxyl groups is 1. The van der Waals surface area contributed by atoms with Gasteiger partial charge in [-0.25, -0.2) is 0 Å². The fraction of sp³-hybridized carbons (Fsp3) is 0.455. The quantitative estimate of drug-likeness (QED) is 0.877. The third kappa shape index (κ3) is 3.88. The van der Waals surface area contributed by atoms with Crippen LogP contribution in [0.25, 0.3) is 0 Å². The van der Waals surface area contributed by atoms with E-state index < -0.39 is 0 Å². The molecular weight excluding hydrogens is 312 g/mol. The first-order valence-corrected chi connectivity index (χ1v) is 9.32. The predicted molar refractivity (Wildman–Crippen MR) is 97.9 cm³/mol. The van der Waals surface area contributed by atoms with Gasteiger partial charge in [0.25, 0.3) is 0 Å². The molecule has 2 aromatic carbocycles. The Labute approximate surface area is 149 Å². The van der Waals surface area contributed by atoms with Crippen LogP contribution in [0, 0.1) is 0 Å². The van der Waals surface area contributed by atoms with Gasteiger partial charge in [0.15, 0.2) is 0 Å². The Morgan fingerprint density at radius 2 is 1.92 bits per heavy atom. The Hall–Kier alpha value is -1.84. The van der Waals surface area contributed by atoms with E-state index in [1.54, 1.807) is 0 Å². The van der Waals surface area contributed by atoms with Crippen LogP contribution in [-0.2, 0) is 11.2 Å². The first-order chi connectivity index (χ1) is 12.2. The van der Waals surface area contributed by atoms with Crippen LogP contribution < -0.4 is 4.74 Å². The molecule has 2 aromatic rings. The zero-order chi connectivity index (χ0) is 17.3. The van der Waals surface area contributed by atoms with Crippen molar-refractivity contribution in [1.29, 1.82) is 0 Å². The molecule has 3 nitrogen and oxygen atoms in total. The van der Waals surface area contributed by atoms with E-state index in [-0.39, 0.29) is 17.8 Å². The van der Waals surface area contributed by atoms with E-state index in [0.29, 0.717) is 13.0 Å². The molecule has 1 heterocycles. The monoisotopic (exact) mass is 338 g/mol.